The summed E-state index contributed by atoms with van der Waals surface area (Å²) in [7, 11) is 0. The largest absolute Gasteiger partial charge is 0.311 e. The van der Waals surface area contributed by atoms with Gasteiger partial charge in [-0.05, 0) is 84.2 Å². The van der Waals surface area contributed by atoms with Crippen LogP contribution in [0.1, 0.15) is 35.1 Å². The average molecular weight is 246 g/mol. The molecule has 2 aliphatic carbocycles. The van der Waals surface area contributed by atoms with Crippen molar-refractivity contribution in [3.05, 3.63) is 40.3 Å². The van der Waals surface area contributed by atoms with Crippen LogP contribution in [0.4, 0.5) is 5.69 Å². The normalized spacial score (nSPS) is 16.7. The monoisotopic (exact) mass is 246 g/mol. The quantitative estimate of drug-likeness (QED) is 0.484. The number of hydrogen-bond acceptors (Lipinski definition) is 3. The predicted octanol–water partition coefficient (Wildman–Crippen LogP) is 3.37. The van der Waals surface area contributed by atoms with Crippen LogP contribution >= 0.6 is 11.9 Å². The Kier molecular flexibility index (Phi) is 3.12. The molecule has 1 aromatic carbocycles. The summed E-state index contributed by atoms with van der Waals surface area (Å²) in [6.07, 6.45) is 7.71. The standard InChI is InChI=1S/C14H18N2S/c1-2-17-16-15-14-9-10-5-3-6-11(10)12-7-4-8-13(12)14/h2,9,15-16H,1,3-8H2. The van der Waals surface area contributed by atoms with Crippen molar-refractivity contribution in [1.29, 1.82) is 0 Å². The van der Waals surface area contributed by atoms with Gasteiger partial charge in [0.05, 0.1) is 5.69 Å². The second-order valence-corrected chi connectivity index (χ2v) is 5.51. The summed E-state index contributed by atoms with van der Waals surface area (Å²) in [5.74, 6) is 0. The van der Waals surface area contributed by atoms with Crippen LogP contribution in [0.25, 0.3) is 0 Å². The number of anilines is 1. The lowest BCUT2D eigenvalue weighted by atomic mass is 9.98. The first-order valence-corrected chi connectivity index (χ1v) is 7.22. The maximum atomic E-state index is 3.68. The zero-order valence-electron chi connectivity index (χ0n) is 10.0. The van der Waals surface area contributed by atoms with E-state index in [0.29, 0.717) is 0 Å². The fourth-order valence-electron chi connectivity index (χ4n) is 3.14. The van der Waals surface area contributed by atoms with Gasteiger partial charge < -0.3 is 5.43 Å². The van der Waals surface area contributed by atoms with Crippen molar-refractivity contribution in [2.24, 2.45) is 0 Å². The van der Waals surface area contributed by atoms with Crippen molar-refractivity contribution in [2.45, 2.75) is 38.5 Å². The Balaban J connectivity index is 1.93. The molecule has 2 N–H and O–H groups in total. The summed E-state index contributed by atoms with van der Waals surface area (Å²) < 4.78 is 0. The van der Waals surface area contributed by atoms with Crippen molar-refractivity contribution >= 4 is 17.6 Å². The molecule has 0 aliphatic heterocycles. The van der Waals surface area contributed by atoms with Gasteiger partial charge in [0.2, 0.25) is 0 Å². The van der Waals surface area contributed by atoms with Crippen LogP contribution in [-0.4, -0.2) is 0 Å². The third-order valence-corrected chi connectivity index (χ3v) is 4.20. The molecule has 2 aliphatic rings. The summed E-state index contributed by atoms with van der Waals surface area (Å²) in [5, 5.41) is 1.79. The first-order chi connectivity index (χ1) is 8.40. The summed E-state index contributed by atoms with van der Waals surface area (Å²) in [5.41, 5.74) is 11.0. The van der Waals surface area contributed by atoms with Gasteiger partial charge in [-0.2, -0.15) is 4.83 Å². The SMILES string of the molecule is C=CSNNc1cc2c(c3c1CCC3)CCC2. The Morgan fingerprint density at radius 1 is 1.06 bits per heavy atom. The molecular weight excluding hydrogens is 228 g/mol. The van der Waals surface area contributed by atoms with Gasteiger partial charge >= 0.3 is 0 Å². The summed E-state index contributed by atoms with van der Waals surface area (Å²) >= 11 is 1.48. The van der Waals surface area contributed by atoms with E-state index >= 15 is 0 Å². The van der Waals surface area contributed by atoms with Crippen LogP contribution in [0, 0.1) is 0 Å². The van der Waals surface area contributed by atoms with E-state index in [9.17, 15) is 0 Å². The molecule has 0 aromatic heterocycles. The van der Waals surface area contributed by atoms with Gasteiger partial charge in [-0.25, -0.2) is 0 Å². The molecule has 0 bridgehead atoms. The molecule has 17 heavy (non-hydrogen) atoms. The van der Waals surface area contributed by atoms with E-state index in [1.165, 1.54) is 56.2 Å². The van der Waals surface area contributed by atoms with E-state index in [1.54, 1.807) is 27.7 Å². The van der Waals surface area contributed by atoms with Crippen LogP contribution in [0.2, 0.25) is 0 Å². The molecule has 3 rings (SSSR count). The van der Waals surface area contributed by atoms with Gasteiger partial charge in [-0.15, -0.1) is 0 Å². The smallest absolute Gasteiger partial charge is 0.0534 e. The van der Waals surface area contributed by atoms with Crippen LogP contribution < -0.4 is 10.3 Å². The van der Waals surface area contributed by atoms with Crippen molar-refractivity contribution in [3.8, 4) is 0 Å². The van der Waals surface area contributed by atoms with E-state index in [2.05, 4.69) is 22.9 Å². The average Bonchev–Trinajstić information content (AvgIpc) is 2.96. The van der Waals surface area contributed by atoms with E-state index in [1.807, 2.05) is 0 Å². The molecule has 0 saturated carbocycles. The molecule has 1 aromatic rings. The van der Waals surface area contributed by atoms with E-state index in [-0.39, 0.29) is 0 Å². The highest BCUT2D eigenvalue weighted by atomic mass is 32.2. The zero-order chi connectivity index (χ0) is 11.7. The molecule has 0 unspecified atom stereocenters. The molecule has 0 heterocycles. The van der Waals surface area contributed by atoms with Crippen molar-refractivity contribution < 1.29 is 0 Å². The van der Waals surface area contributed by atoms with Gasteiger partial charge in [-0.1, -0.05) is 6.58 Å². The van der Waals surface area contributed by atoms with Crippen LogP contribution in [0.3, 0.4) is 0 Å². The zero-order valence-corrected chi connectivity index (χ0v) is 10.8. The second kappa shape index (κ2) is 4.75. The summed E-state index contributed by atoms with van der Waals surface area (Å²) in [4.78, 5) is 3.12. The molecule has 0 fully saturated rings. The Morgan fingerprint density at radius 3 is 2.71 bits per heavy atom. The Bertz CT molecular complexity index is 454. The highest BCUT2D eigenvalue weighted by Gasteiger charge is 2.24. The maximum absolute atomic E-state index is 3.68. The summed E-state index contributed by atoms with van der Waals surface area (Å²) in [6.45, 7) is 3.68. The number of aryl methyl sites for hydroxylation is 1. The second-order valence-electron chi connectivity index (χ2n) is 4.74. The van der Waals surface area contributed by atoms with E-state index in [0.717, 1.165) is 0 Å². The maximum Gasteiger partial charge on any atom is 0.0534 e. The number of nitrogens with one attached hydrogen (secondary N) is 2. The fraction of sp³-hybridized carbons (Fsp3) is 0.429. The number of fused-ring (bicyclic) bond motifs is 3. The third-order valence-electron chi connectivity index (χ3n) is 3.81. The number of benzene rings is 1. The topological polar surface area (TPSA) is 24.1 Å². The van der Waals surface area contributed by atoms with Crippen molar-refractivity contribution in [2.75, 3.05) is 5.43 Å². The van der Waals surface area contributed by atoms with Gasteiger partial charge in [0.25, 0.3) is 0 Å². The van der Waals surface area contributed by atoms with Gasteiger partial charge in [0, 0.05) is 0 Å². The Morgan fingerprint density at radius 2 is 1.82 bits per heavy atom. The minimum absolute atomic E-state index is 1.23. The van der Waals surface area contributed by atoms with Crippen molar-refractivity contribution in [3.63, 3.8) is 0 Å². The highest BCUT2D eigenvalue weighted by molar-refractivity contribution is 8.00. The predicted molar refractivity (Wildman–Crippen MR) is 75.0 cm³/mol. The lowest BCUT2D eigenvalue weighted by Gasteiger charge is -2.15. The van der Waals surface area contributed by atoms with Crippen LogP contribution in [0.5, 0.6) is 0 Å². The first-order valence-electron chi connectivity index (χ1n) is 6.34. The van der Waals surface area contributed by atoms with Gasteiger partial charge in [0.15, 0.2) is 0 Å². The third kappa shape index (κ3) is 1.98. The first kappa shape index (κ1) is 11.2. The molecular formula is C14H18N2S. The summed E-state index contributed by atoms with van der Waals surface area (Å²) in [6, 6.07) is 2.35. The fourth-order valence-corrected chi connectivity index (χ4v) is 3.40. The van der Waals surface area contributed by atoms with Crippen molar-refractivity contribution in [1.82, 2.24) is 4.83 Å². The molecule has 0 amide bonds. The lowest BCUT2D eigenvalue weighted by molar-refractivity contribution is 0.888. The number of hydrogen-bond donors (Lipinski definition) is 2. The molecule has 0 radical (unpaired) electrons. The van der Waals surface area contributed by atoms with Crippen LogP contribution in [-0.2, 0) is 25.7 Å². The minimum Gasteiger partial charge on any atom is -0.311 e. The molecule has 0 saturated heterocycles. The molecule has 0 spiro atoms. The van der Waals surface area contributed by atoms with Gasteiger partial charge in [-0.3, -0.25) is 0 Å². The molecule has 3 heteroatoms. The number of hydrazine groups is 1. The molecule has 0 atom stereocenters. The Labute approximate surface area is 107 Å². The van der Waals surface area contributed by atoms with Gasteiger partial charge in [0.1, 0.15) is 0 Å². The van der Waals surface area contributed by atoms with E-state index in [4.69, 9.17) is 0 Å². The molecule has 2 nitrogen and oxygen atoms in total. The van der Waals surface area contributed by atoms with E-state index < -0.39 is 0 Å². The Hall–Kier alpha value is -0.930. The number of rotatable bonds is 4. The molecule has 90 valence electrons. The highest BCUT2D eigenvalue weighted by Crippen LogP contribution is 2.37. The minimum atomic E-state index is 1.23. The van der Waals surface area contributed by atoms with Crippen LogP contribution in [0.15, 0.2) is 18.1 Å². The lowest BCUT2D eigenvalue weighted by Crippen LogP contribution is -2.14.